The van der Waals surface area contributed by atoms with Gasteiger partial charge >= 0.3 is 5.97 Å². The Kier molecular flexibility index (Phi) is 6.29. The first-order valence-electron chi connectivity index (χ1n) is 6.72. The number of para-hydroxylation sites is 1. The molecule has 5 heteroatoms. The first kappa shape index (κ1) is 15.8. The summed E-state index contributed by atoms with van der Waals surface area (Å²) in [5, 5.41) is 4.08. The Morgan fingerprint density at radius 3 is 2.40 bits per heavy atom. The summed E-state index contributed by atoms with van der Waals surface area (Å²) in [6.07, 6.45) is 1.25. The van der Waals surface area contributed by atoms with Crippen LogP contribution >= 0.6 is 0 Å². The van der Waals surface area contributed by atoms with Crippen molar-refractivity contribution in [1.29, 1.82) is 0 Å². The third kappa shape index (κ3) is 4.12. The van der Waals surface area contributed by atoms with Crippen LogP contribution in [0.1, 0.15) is 37.7 Å². The van der Waals surface area contributed by atoms with E-state index in [0.717, 1.165) is 5.69 Å². The van der Waals surface area contributed by atoms with Gasteiger partial charge in [-0.15, -0.1) is 5.10 Å². The molecular weight excluding hydrogens is 254 g/mol. The van der Waals surface area contributed by atoms with Crippen LogP contribution in [0.15, 0.2) is 36.4 Å². The Labute approximate surface area is 119 Å². The molecule has 20 heavy (non-hydrogen) atoms. The molecular formula is C15H21N3O2. The highest BCUT2D eigenvalue weighted by Crippen LogP contribution is 2.14. The maximum absolute atomic E-state index is 11.7. The molecule has 1 heterocycles. The van der Waals surface area contributed by atoms with Crippen molar-refractivity contribution in [2.24, 2.45) is 0 Å². The molecule has 0 atom stereocenters. The lowest BCUT2D eigenvalue weighted by Gasteiger charge is -2.05. The predicted molar refractivity (Wildman–Crippen MR) is 79.9 cm³/mol. The standard InChI is InChI=1S/C12H13N3O2.C3H8/c1-2-17-12(16)10-8-11(13)14-15(10)9-6-4-3-5-7-9;1-3-2/h3-8H,2H2,1H3,(H2,13,14);3H2,1-2H3. The van der Waals surface area contributed by atoms with E-state index in [2.05, 4.69) is 18.9 Å². The Balaban J connectivity index is 0.000000612. The van der Waals surface area contributed by atoms with Gasteiger partial charge in [0.2, 0.25) is 0 Å². The zero-order valence-electron chi connectivity index (χ0n) is 12.2. The van der Waals surface area contributed by atoms with Crippen LogP contribution in [0.5, 0.6) is 0 Å². The second-order valence-electron chi connectivity index (χ2n) is 4.13. The van der Waals surface area contributed by atoms with Crippen molar-refractivity contribution in [1.82, 2.24) is 9.78 Å². The Bertz CT molecular complexity index is 535. The number of esters is 1. The maximum Gasteiger partial charge on any atom is 0.357 e. The number of rotatable bonds is 3. The van der Waals surface area contributed by atoms with Crippen molar-refractivity contribution < 1.29 is 9.53 Å². The number of hydrogen-bond donors (Lipinski definition) is 1. The van der Waals surface area contributed by atoms with Gasteiger partial charge in [0.15, 0.2) is 5.69 Å². The van der Waals surface area contributed by atoms with Crippen LogP contribution < -0.4 is 5.73 Å². The van der Waals surface area contributed by atoms with Crippen LogP contribution in [-0.4, -0.2) is 22.4 Å². The average Bonchev–Trinajstić information content (AvgIpc) is 2.83. The summed E-state index contributed by atoms with van der Waals surface area (Å²) in [7, 11) is 0. The number of nitrogen functional groups attached to an aromatic ring is 1. The molecule has 0 saturated heterocycles. The van der Waals surface area contributed by atoms with Gasteiger partial charge in [-0.05, 0) is 19.1 Å². The number of nitrogens with zero attached hydrogens (tertiary/aromatic N) is 2. The van der Waals surface area contributed by atoms with E-state index in [1.807, 2.05) is 30.3 Å². The van der Waals surface area contributed by atoms with Crippen molar-refractivity contribution in [2.75, 3.05) is 12.3 Å². The fourth-order valence-corrected chi connectivity index (χ4v) is 1.52. The molecule has 108 valence electrons. The van der Waals surface area contributed by atoms with Crippen LogP contribution in [0.3, 0.4) is 0 Å². The first-order valence-corrected chi connectivity index (χ1v) is 6.72. The normalized spacial score (nSPS) is 9.55. The van der Waals surface area contributed by atoms with Crippen molar-refractivity contribution in [2.45, 2.75) is 27.2 Å². The summed E-state index contributed by atoms with van der Waals surface area (Å²) in [6, 6.07) is 10.8. The highest BCUT2D eigenvalue weighted by Gasteiger charge is 2.16. The minimum absolute atomic E-state index is 0.289. The Hall–Kier alpha value is -2.30. The number of aromatic nitrogens is 2. The zero-order valence-corrected chi connectivity index (χ0v) is 12.2. The van der Waals surface area contributed by atoms with E-state index in [1.165, 1.54) is 17.2 Å². The molecule has 2 rings (SSSR count). The molecule has 0 aliphatic rings. The van der Waals surface area contributed by atoms with Crippen molar-refractivity contribution >= 4 is 11.8 Å². The van der Waals surface area contributed by atoms with Gasteiger partial charge in [-0.25, -0.2) is 9.48 Å². The second-order valence-corrected chi connectivity index (χ2v) is 4.13. The van der Waals surface area contributed by atoms with Gasteiger partial charge in [0, 0.05) is 6.07 Å². The summed E-state index contributed by atoms with van der Waals surface area (Å²) in [5.74, 6) is -0.141. The highest BCUT2D eigenvalue weighted by atomic mass is 16.5. The van der Waals surface area contributed by atoms with Crippen LogP contribution in [0.2, 0.25) is 0 Å². The summed E-state index contributed by atoms with van der Waals surface area (Å²) in [5.41, 5.74) is 6.71. The van der Waals surface area contributed by atoms with Gasteiger partial charge in [0.1, 0.15) is 5.82 Å². The fourth-order valence-electron chi connectivity index (χ4n) is 1.52. The van der Waals surface area contributed by atoms with Crippen LogP contribution in [0, 0.1) is 0 Å². The molecule has 0 unspecified atom stereocenters. The molecule has 1 aromatic heterocycles. The summed E-state index contributed by atoms with van der Waals surface area (Å²) < 4.78 is 6.43. The number of hydrogen-bond acceptors (Lipinski definition) is 4. The molecule has 0 spiro atoms. The van der Waals surface area contributed by atoms with Gasteiger partial charge in [0.05, 0.1) is 12.3 Å². The molecule has 1 aromatic carbocycles. The van der Waals surface area contributed by atoms with Gasteiger partial charge < -0.3 is 10.5 Å². The minimum atomic E-state index is -0.430. The number of benzene rings is 1. The van der Waals surface area contributed by atoms with E-state index >= 15 is 0 Å². The summed E-state index contributed by atoms with van der Waals surface area (Å²) >= 11 is 0. The van der Waals surface area contributed by atoms with E-state index in [0.29, 0.717) is 12.3 Å². The van der Waals surface area contributed by atoms with E-state index in [-0.39, 0.29) is 5.82 Å². The lowest BCUT2D eigenvalue weighted by atomic mass is 10.3. The van der Waals surface area contributed by atoms with Gasteiger partial charge in [-0.3, -0.25) is 0 Å². The highest BCUT2D eigenvalue weighted by molar-refractivity contribution is 5.89. The quantitative estimate of drug-likeness (QED) is 0.874. The van der Waals surface area contributed by atoms with E-state index < -0.39 is 5.97 Å². The van der Waals surface area contributed by atoms with Crippen LogP contribution in [0.4, 0.5) is 5.82 Å². The third-order valence-electron chi connectivity index (χ3n) is 2.21. The average molecular weight is 275 g/mol. The van der Waals surface area contributed by atoms with Gasteiger partial charge in [0.25, 0.3) is 0 Å². The summed E-state index contributed by atoms with van der Waals surface area (Å²) in [4.78, 5) is 11.7. The molecule has 5 nitrogen and oxygen atoms in total. The van der Waals surface area contributed by atoms with Crippen molar-refractivity contribution in [3.8, 4) is 5.69 Å². The monoisotopic (exact) mass is 275 g/mol. The third-order valence-corrected chi connectivity index (χ3v) is 2.21. The second kappa shape index (κ2) is 7.99. The molecule has 0 bridgehead atoms. The molecule has 0 radical (unpaired) electrons. The lowest BCUT2D eigenvalue weighted by Crippen LogP contribution is -2.11. The number of ether oxygens (including phenoxy) is 1. The number of carbonyl (C=O) groups excluding carboxylic acids is 1. The molecule has 0 fully saturated rings. The Morgan fingerprint density at radius 2 is 1.85 bits per heavy atom. The zero-order chi connectivity index (χ0) is 15.0. The topological polar surface area (TPSA) is 70.1 Å². The Morgan fingerprint density at radius 1 is 1.25 bits per heavy atom. The molecule has 0 amide bonds. The first-order chi connectivity index (χ1) is 9.63. The van der Waals surface area contributed by atoms with Gasteiger partial charge in [-0.1, -0.05) is 38.5 Å². The number of carbonyl (C=O) groups is 1. The number of nitrogens with two attached hydrogens (primary N) is 1. The van der Waals surface area contributed by atoms with Gasteiger partial charge in [-0.2, -0.15) is 0 Å². The SMILES string of the molecule is CCC.CCOC(=O)c1cc(N)nn1-c1ccccc1. The van der Waals surface area contributed by atoms with Crippen molar-refractivity contribution in [3.63, 3.8) is 0 Å². The molecule has 2 N–H and O–H groups in total. The molecule has 0 saturated carbocycles. The maximum atomic E-state index is 11.7. The number of anilines is 1. The van der Waals surface area contributed by atoms with Crippen LogP contribution in [-0.2, 0) is 4.74 Å². The van der Waals surface area contributed by atoms with Crippen LogP contribution in [0.25, 0.3) is 5.69 Å². The van der Waals surface area contributed by atoms with E-state index in [9.17, 15) is 4.79 Å². The molecule has 0 aliphatic heterocycles. The predicted octanol–water partition coefficient (Wildman–Crippen LogP) is 3.05. The molecule has 0 aliphatic carbocycles. The molecule has 2 aromatic rings. The smallest absolute Gasteiger partial charge is 0.357 e. The minimum Gasteiger partial charge on any atom is -0.461 e. The lowest BCUT2D eigenvalue weighted by molar-refractivity contribution is 0.0516. The summed E-state index contributed by atoms with van der Waals surface area (Å²) in [6.45, 7) is 6.32. The fraction of sp³-hybridized carbons (Fsp3) is 0.333. The van der Waals surface area contributed by atoms with Crippen molar-refractivity contribution in [3.05, 3.63) is 42.1 Å². The van der Waals surface area contributed by atoms with E-state index in [1.54, 1.807) is 6.92 Å². The largest absolute Gasteiger partial charge is 0.461 e. The van der Waals surface area contributed by atoms with E-state index in [4.69, 9.17) is 10.5 Å².